The van der Waals surface area contributed by atoms with Gasteiger partial charge in [-0.2, -0.15) is 0 Å². The molecule has 0 aliphatic rings. The Morgan fingerprint density at radius 1 is 1.25 bits per heavy atom. The molecule has 0 unspecified atom stereocenters. The van der Waals surface area contributed by atoms with Gasteiger partial charge in [-0.3, -0.25) is 0 Å². The Labute approximate surface area is 133 Å². The largest absolute Gasteiger partial charge is 0.507 e. The third-order valence-electron chi connectivity index (χ3n) is 3.01. The van der Waals surface area contributed by atoms with Crippen LogP contribution in [-0.4, -0.2) is 14.5 Å². The van der Waals surface area contributed by atoms with Crippen LogP contribution in [0.25, 0.3) is 16.8 Å². The summed E-state index contributed by atoms with van der Waals surface area (Å²) in [5, 5.41) is 11.4. The summed E-state index contributed by atoms with van der Waals surface area (Å²) in [5.74, 6) is 0.0935. The van der Waals surface area contributed by atoms with Crippen molar-refractivity contribution in [2.45, 2.75) is 5.33 Å². The van der Waals surface area contributed by atoms with Crippen molar-refractivity contribution in [2.75, 3.05) is 0 Å². The van der Waals surface area contributed by atoms with E-state index in [1.165, 1.54) is 6.07 Å². The molecule has 0 aliphatic carbocycles. The lowest BCUT2D eigenvalue weighted by Crippen LogP contribution is -1.87. The molecule has 0 bridgehead atoms. The van der Waals surface area contributed by atoms with E-state index >= 15 is 0 Å². The molecule has 2 heterocycles. The van der Waals surface area contributed by atoms with Crippen molar-refractivity contribution in [3.8, 4) is 16.9 Å². The van der Waals surface area contributed by atoms with E-state index < -0.39 is 0 Å². The van der Waals surface area contributed by atoms with Gasteiger partial charge < -0.3 is 9.51 Å². The van der Waals surface area contributed by atoms with E-state index in [2.05, 4.69) is 20.9 Å². The highest BCUT2D eigenvalue weighted by Gasteiger charge is 2.13. The number of aromatic hydroxyl groups is 1. The number of phenolic OH excluding ortho intramolecular Hbond substituents is 1. The third-order valence-corrected chi connectivity index (χ3v) is 4.39. The summed E-state index contributed by atoms with van der Waals surface area (Å²) in [6.07, 6.45) is 3.81. The van der Waals surface area contributed by atoms with Crippen molar-refractivity contribution in [1.29, 1.82) is 0 Å². The van der Waals surface area contributed by atoms with Crippen LogP contribution < -0.4 is 0 Å². The maximum atomic E-state index is 10.0. The van der Waals surface area contributed by atoms with E-state index in [0.29, 0.717) is 20.9 Å². The van der Waals surface area contributed by atoms with Crippen molar-refractivity contribution >= 4 is 44.8 Å². The van der Waals surface area contributed by atoms with Crippen LogP contribution in [0.5, 0.6) is 5.75 Å². The fourth-order valence-corrected chi connectivity index (χ4v) is 2.77. The lowest BCUT2D eigenvalue weighted by Gasteiger charge is -2.09. The molecule has 0 saturated carbocycles. The Balaban J connectivity index is 2.22. The van der Waals surface area contributed by atoms with Crippen LogP contribution in [-0.2, 0) is 5.33 Å². The van der Waals surface area contributed by atoms with Gasteiger partial charge in [0.2, 0.25) is 0 Å². The van der Waals surface area contributed by atoms with Gasteiger partial charge in [-0.05, 0) is 29.8 Å². The van der Waals surface area contributed by atoms with Gasteiger partial charge in [-0.15, -0.1) is 0 Å². The summed E-state index contributed by atoms with van der Waals surface area (Å²) in [4.78, 5) is 4.46. The van der Waals surface area contributed by atoms with E-state index in [1.54, 1.807) is 6.07 Å². The number of benzene rings is 1. The molecule has 1 N–H and O–H groups in total. The van der Waals surface area contributed by atoms with E-state index in [4.69, 9.17) is 23.2 Å². The fraction of sp³-hybridized carbons (Fsp3) is 0.0714. The zero-order chi connectivity index (χ0) is 14.3. The Morgan fingerprint density at radius 3 is 2.80 bits per heavy atom. The Bertz CT molecular complexity index is 801. The van der Waals surface area contributed by atoms with Crippen LogP contribution in [0.1, 0.15) is 5.69 Å². The van der Waals surface area contributed by atoms with Gasteiger partial charge in [0.25, 0.3) is 0 Å². The van der Waals surface area contributed by atoms with Gasteiger partial charge in [0, 0.05) is 23.3 Å². The molecule has 0 saturated heterocycles. The van der Waals surface area contributed by atoms with Crippen LogP contribution in [0.4, 0.5) is 0 Å². The summed E-state index contributed by atoms with van der Waals surface area (Å²) < 4.78 is 1.91. The monoisotopic (exact) mass is 370 g/mol. The molecular weight excluding hydrogens is 363 g/mol. The first-order valence-corrected chi connectivity index (χ1v) is 7.69. The fourth-order valence-electron chi connectivity index (χ4n) is 2.07. The van der Waals surface area contributed by atoms with Gasteiger partial charge in [0.05, 0.1) is 15.7 Å². The van der Waals surface area contributed by atoms with Crippen LogP contribution >= 0.6 is 39.1 Å². The molecule has 0 fully saturated rings. The molecule has 3 aromatic rings. The first-order chi connectivity index (χ1) is 9.60. The molecule has 0 atom stereocenters. The standard InChI is InChI=1S/C14H9BrCl2N2O/c15-6-9-7-19-4-3-8(5-12(19)18-9)13-11(20)2-1-10(16)14(13)17/h1-5,7,20H,6H2. The van der Waals surface area contributed by atoms with Crippen LogP contribution in [0.15, 0.2) is 36.7 Å². The highest BCUT2D eigenvalue weighted by atomic mass is 79.9. The predicted molar refractivity (Wildman–Crippen MR) is 84.9 cm³/mol. The van der Waals surface area contributed by atoms with Gasteiger partial charge in [0.15, 0.2) is 0 Å². The number of rotatable bonds is 2. The quantitative estimate of drug-likeness (QED) is 0.650. The molecule has 0 radical (unpaired) electrons. The topological polar surface area (TPSA) is 37.5 Å². The number of phenols is 1. The van der Waals surface area contributed by atoms with Gasteiger partial charge >= 0.3 is 0 Å². The average molecular weight is 372 g/mol. The molecule has 102 valence electrons. The number of fused-ring (bicyclic) bond motifs is 1. The third kappa shape index (κ3) is 2.28. The minimum Gasteiger partial charge on any atom is -0.507 e. The molecule has 0 amide bonds. The minimum atomic E-state index is 0.0935. The zero-order valence-electron chi connectivity index (χ0n) is 10.1. The van der Waals surface area contributed by atoms with E-state index in [0.717, 1.165) is 16.9 Å². The van der Waals surface area contributed by atoms with Crippen LogP contribution in [0, 0.1) is 0 Å². The van der Waals surface area contributed by atoms with Crippen molar-refractivity contribution in [3.63, 3.8) is 0 Å². The zero-order valence-corrected chi connectivity index (χ0v) is 13.2. The van der Waals surface area contributed by atoms with Gasteiger partial charge in [-0.25, -0.2) is 4.98 Å². The molecule has 3 nitrogen and oxygen atoms in total. The second-order valence-electron chi connectivity index (χ2n) is 4.30. The summed E-state index contributed by atoms with van der Waals surface area (Å²) in [6, 6.07) is 6.83. The lowest BCUT2D eigenvalue weighted by molar-refractivity contribution is 0.477. The van der Waals surface area contributed by atoms with Crippen LogP contribution in [0.2, 0.25) is 10.0 Å². The number of imidazole rings is 1. The Kier molecular flexibility index (Phi) is 3.63. The first-order valence-electron chi connectivity index (χ1n) is 5.81. The average Bonchev–Trinajstić information content (AvgIpc) is 2.86. The van der Waals surface area contributed by atoms with Crippen molar-refractivity contribution in [1.82, 2.24) is 9.38 Å². The molecule has 3 rings (SSSR count). The van der Waals surface area contributed by atoms with E-state index in [1.807, 2.05) is 28.9 Å². The number of alkyl halides is 1. The summed E-state index contributed by atoms with van der Waals surface area (Å²) in [5.41, 5.74) is 3.01. The van der Waals surface area contributed by atoms with Crippen molar-refractivity contribution in [3.05, 3.63) is 52.4 Å². The van der Waals surface area contributed by atoms with E-state index in [-0.39, 0.29) is 5.75 Å². The normalized spacial score (nSPS) is 11.2. The molecule has 2 aromatic heterocycles. The maximum Gasteiger partial charge on any atom is 0.137 e. The van der Waals surface area contributed by atoms with Crippen molar-refractivity contribution in [2.24, 2.45) is 0 Å². The summed E-state index contributed by atoms with van der Waals surface area (Å²) >= 11 is 15.6. The van der Waals surface area contributed by atoms with Crippen LogP contribution in [0.3, 0.4) is 0 Å². The number of nitrogens with zero attached hydrogens (tertiary/aromatic N) is 2. The SMILES string of the molecule is Oc1ccc(Cl)c(Cl)c1-c1ccn2cc(CBr)nc2c1. The maximum absolute atomic E-state index is 10.0. The molecular formula is C14H9BrCl2N2O. The predicted octanol–water partition coefficient (Wildman–Crippen LogP) is 4.91. The Morgan fingerprint density at radius 2 is 2.05 bits per heavy atom. The highest BCUT2D eigenvalue weighted by molar-refractivity contribution is 9.08. The number of pyridine rings is 1. The number of aromatic nitrogens is 2. The number of hydrogen-bond donors (Lipinski definition) is 1. The second-order valence-corrected chi connectivity index (χ2v) is 5.65. The molecule has 20 heavy (non-hydrogen) atoms. The summed E-state index contributed by atoms with van der Waals surface area (Å²) in [6.45, 7) is 0. The van der Waals surface area contributed by atoms with Gasteiger partial charge in [-0.1, -0.05) is 39.1 Å². The minimum absolute atomic E-state index is 0.0935. The van der Waals surface area contributed by atoms with E-state index in [9.17, 15) is 5.11 Å². The second kappa shape index (κ2) is 5.28. The number of hydrogen-bond acceptors (Lipinski definition) is 2. The van der Waals surface area contributed by atoms with Gasteiger partial charge in [0.1, 0.15) is 11.4 Å². The summed E-state index contributed by atoms with van der Waals surface area (Å²) in [7, 11) is 0. The van der Waals surface area contributed by atoms with Crippen molar-refractivity contribution < 1.29 is 5.11 Å². The Hall–Kier alpha value is -1.23. The molecule has 6 heteroatoms. The number of halogens is 3. The highest BCUT2D eigenvalue weighted by Crippen LogP contribution is 2.40. The molecule has 0 spiro atoms. The first kappa shape index (κ1) is 13.7. The smallest absolute Gasteiger partial charge is 0.137 e. The molecule has 1 aromatic carbocycles. The lowest BCUT2D eigenvalue weighted by atomic mass is 10.1. The molecule has 0 aliphatic heterocycles.